The van der Waals surface area contributed by atoms with Crippen LogP contribution in [-0.2, 0) is 11.3 Å². The van der Waals surface area contributed by atoms with Gasteiger partial charge in [0.15, 0.2) is 6.61 Å². The van der Waals surface area contributed by atoms with E-state index in [1.54, 1.807) is 4.90 Å². The summed E-state index contributed by atoms with van der Waals surface area (Å²) in [4.78, 5) is 13.4. The van der Waals surface area contributed by atoms with Gasteiger partial charge in [-0.3, -0.25) is 9.69 Å². The molecule has 1 aliphatic rings. The second kappa shape index (κ2) is 6.45. The Hall–Kier alpha value is -2.93. The number of rotatable bonds is 4. The highest BCUT2D eigenvalue weighted by atomic mass is 16.5. The smallest absolute Gasteiger partial charge is 0.265 e. The first-order valence-electron chi connectivity index (χ1n) is 7.47. The fraction of sp³-hybridized carbons (Fsp3) is 0.211. The summed E-state index contributed by atoms with van der Waals surface area (Å²) in [6, 6.07) is 14.1. The van der Waals surface area contributed by atoms with Gasteiger partial charge in [-0.15, -0.1) is 6.42 Å². The van der Waals surface area contributed by atoms with Crippen molar-refractivity contribution in [2.45, 2.75) is 13.5 Å². The lowest BCUT2D eigenvalue weighted by Crippen LogP contribution is -2.38. The molecule has 0 unspecified atom stereocenters. The molecular formula is C19H18N2O2. The summed E-state index contributed by atoms with van der Waals surface area (Å²) in [6.45, 7) is 3.08. The summed E-state index contributed by atoms with van der Waals surface area (Å²) in [7, 11) is 0. The predicted octanol–water partition coefficient (Wildman–Crippen LogP) is 2.97. The number of hydrogen-bond acceptors (Lipinski definition) is 3. The number of amides is 1. The summed E-state index contributed by atoms with van der Waals surface area (Å²) >= 11 is 0. The number of benzene rings is 2. The van der Waals surface area contributed by atoms with Crippen molar-refractivity contribution in [3.05, 3.63) is 53.6 Å². The SMILES string of the molecule is C#CCN1C(=O)COc2cc(NCc3ccc(C)cc3)ccc21. The third-order valence-electron chi connectivity index (χ3n) is 3.77. The van der Waals surface area contributed by atoms with Crippen molar-refractivity contribution in [1.29, 1.82) is 0 Å². The van der Waals surface area contributed by atoms with E-state index in [0.717, 1.165) is 17.9 Å². The van der Waals surface area contributed by atoms with E-state index in [2.05, 4.69) is 42.4 Å². The highest BCUT2D eigenvalue weighted by Crippen LogP contribution is 2.34. The van der Waals surface area contributed by atoms with Crippen molar-refractivity contribution >= 4 is 17.3 Å². The second-order valence-electron chi connectivity index (χ2n) is 5.49. The number of fused-ring (bicyclic) bond motifs is 1. The first-order valence-corrected chi connectivity index (χ1v) is 7.47. The average Bonchev–Trinajstić information content (AvgIpc) is 2.57. The van der Waals surface area contributed by atoms with E-state index in [1.807, 2.05) is 18.2 Å². The molecule has 0 spiro atoms. The maximum atomic E-state index is 11.9. The van der Waals surface area contributed by atoms with Crippen LogP contribution in [0.25, 0.3) is 0 Å². The van der Waals surface area contributed by atoms with Crippen LogP contribution in [0.2, 0.25) is 0 Å². The van der Waals surface area contributed by atoms with E-state index < -0.39 is 0 Å². The Balaban J connectivity index is 1.74. The number of ether oxygens (including phenoxy) is 1. The highest BCUT2D eigenvalue weighted by Gasteiger charge is 2.24. The van der Waals surface area contributed by atoms with Crippen molar-refractivity contribution in [1.82, 2.24) is 0 Å². The molecule has 0 aliphatic carbocycles. The lowest BCUT2D eigenvalue weighted by molar-refractivity contribution is -0.121. The molecule has 0 saturated heterocycles. The summed E-state index contributed by atoms with van der Waals surface area (Å²) in [5.41, 5.74) is 4.12. The topological polar surface area (TPSA) is 41.6 Å². The van der Waals surface area contributed by atoms with E-state index in [0.29, 0.717) is 5.75 Å². The Bertz CT molecular complexity index is 760. The van der Waals surface area contributed by atoms with Crippen molar-refractivity contribution in [3.8, 4) is 18.1 Å². The maximum absolute atomic E-state index is 11.9. The number of hydrogen-bond donors (Lipinski definition) is 1. The van der Waals surface area contributed by atoms with Gasteiger partial charge in [-0.2, -0.15) is 0 Å². The fourth-order valence-electron chi connectivity index (χ4n) is 2.49. The Morgan fingerprint density at radius 2 is 2.04 bits per heavy atom. The molecule has 0 bridgehead atoms. The number of anilines is 2. The lowest BCUT2D eigenvalue weighted by atomic mass is 10.1. The lowest BCUT2D eigenvalue weighted by Gasteiger charge is -2.28. The number of carbonyl (C=O) groups is 1. The summed E-state index contributed by atoms with van der Waals surface area (Å²) in [6.07, 6.45) is 5.33. The molecule has 1 heterocycles. The first kappa shape index (κ1) is 15.0. The largest absolute Gasteiger partial charge is 0.481 e. The molecule has 0 radical (unpaired) electrons. The first-order chi connectivity index (χ1) is 11.2. The molecule has 2 aromatic carbocycles. The van der Waals surface area contributed by atoms with Crippen LogP contribution in [0.4, 0.5) is 11.4 Å². The van der Waals surface area contributed by atoms with Gasteiger partial charge < -0.3 is 10.1 Å². The van der Waals surface area contributed by atoms with Gasteiger partial charge in [0.2, 0.25) is 0 Å². The van der Waals surface area contributed by atoms with E-state index >= 15 is 0 Å². The van der Waals surface area contributed by atoms with Gasteiger partial charge in [-0.05, 0) is 24.6 Å². The minimum Gasteiger partial charge on any atom is -0.481 e. The van der Waals surface area contributed by atoms with Gasteiger partial charge in [0.05, 0.1) is 12.2 Å². The van der Waals surface area contributed by atoms with Gasteiger partial charge in [-0.1, -0.05) is 35.7 Å². The maximum Gasteiger partial charge on any atom is 0.265 e. The van der Waals surface area contributed by atoms with Crippen LogP contribution in [0.1, 0.15) is 11.1 Å². The zero-order valence-electron chi connectivity index (χ0n) is 13.0. The zero-order valence-corrected chi connectivity index (χ0v) is 13.0. The van der Waals surface area contributed by atoms with Gasteiger partial charge in [0.25, 0.3) is 5.91 Å². The van der Waals surface area contributed by atoms with E-state index in [1.165, 1.54) is 11.1 Å². The van der Waals surface area contributed by atoms with Crippen molar-refractivity contribution in [3.63, 3.8) is 0 Å². The van der Waals surface area contributed by atoms with Crippen molar-refractivity contribution in [2.75, 3.05) is 23.4 Å². The normalized spacial score (nSPS) is 13.0. The molecule has 1 amide bonds. The monoisotopic (exact) mass is 306 g/mol. The Morgan fingerprint density at radius 3 is 2.78 bits per heavy atom. The van der Waals surface area contributed by atoms with Crippen molar-refractivity contribution < 1.29 is 9.53 Å². The number of nitrogens with zero attached hydrogens (tertiary/aromatic N) is 1. The van der Waals surface area contributed by atoms with Crippen LogP contribution in [0.5, 0.6) is 5.75 Å². The summed E-state index contributed by atoms with van der Waals surface area (Å²) in [5, 5.41) is 3.36. The number of nitrogens with one attached hydrogen (secondary N) is 1. The van der Waals surface area contributed by atoms with E-state index in [4.69, 9.17) is 11.2 Å². The van der Waals surface area contributed by atoms with Crippen molar-refractivity contribution in [2.24, 2.45) is 0 Å². The number of terminal acetylenes is 1. The minimum absolute atomic E-state index is 0.0239. The predicted molar refractivity (Wildman–Crippen MR) is 91.6 cm³/mol. The third-order valence-corrected chi connectivity index (χ3v) is 3.77. The third kappa shape index (κ3) is 3.29. The molecular weight excluding hydrogens is 288 g/mol. The number of carbonyl (C=O) groups excluding carboxylic acids is 1. The fourth-order valence-corrected chi connectivity index (χ4v) is 2.49. The zero-order chi connectivity index (χ0) is 16.2. The van der Waals surface area contributed by atoms with E-state index in [-0.39, 0.29) is 19.1 Å². The molecule has 0 aromatic heterocycles. The molecule has 2 aromatic rings. The Kier molecular flexibility index (Phi) is 4.20. The molecule has 3 rings (SSSR count). The van der Waals surface area contributed by atoms with Gasteiger partial charge in [0.1, 0.15) is 5.75 Å². The molecule has 4 heteroatoms. The average molecular weight is 306 g/mol. The molecule has 1 aliphatic heterocycles. The molecule has 23 heavy (non-hydrogen) atoms. The second-order valence-corrected chi connectivity index (χ2v) is 5.49. The highest BCUT2D eigenvalue weighted by molar-refractivity contribution is 5.98. The van der Waals surface area contributed by atoms with Crippen LogP contribution in [0.15, 0.2) is 42.5 Å². The standard InChI is InChI=1S/C19H18N2O2/c1-3-10-21-17-9-8-16(11-18(17)23-13-19(21)22)20-12-15-6-4-14(2)5-7-15/h1,4-9,11,20H,10,12-13H2,2H3. The van der Waals surface area contributed by atoms with Gasteiger partial charge >= 0.3 is 0 Å². The van der Waals surface area contributed by atoms with Crippen LogP contribution in [0.3, 0.4) is 0 Å². The minimum atomic E-state index is -0.115. The molecule has 0 saturated carbocycles. The number of aryl methyl sites for hydroxylation is 1. The molecule has 4 nitrogen and oxygen atoms in total. The molecule has 1 N–H and O–H groups in total. The quantitative estimate of drug-likeness (QED) is 0.883. The van der Waals surface area contributed by atoms with Crippen LogP contribution >= 0.6 is 0 Å². The van der Waals surface area contributed by atoms with E-state index in [9.17, 15) is 4.79 Å². The van der Waals surface area contributed by atoms with Crippen LogP contribution in [-0.4, -0.2) is 19.1 Å². The van der Waals surface area contributed by atoms with Gasteiger partial charge in [-0.25, -0.2) is 0 Å². The Morgan fingerprint density at radius 1 is 1.26 bits per heavy atom. The molecule has 116 valence electrons. The Labute approximate surface area is 136 Å². The molecule has 0 atom stereocenters. The van der Waals surface area contributed by atoms with Crippen LogP contribution in [0, 0.1) is 19.3 Å². The summed E-state index contributed by atoms with van der Waals surface area (Å²) < 4.78 is 5.52. The van der Waals surface area contributed by atoms with Crippen LogP contribution < -0.4 is 15.0 Å². The molecule has 0 fully saturated rings. The van der Waals surface area contributed by atoms with Gasteiger partial charge in [0, 0.05) is 18.3 Å². The summed E-state index contributed by atoms with van der Waals surface area (Å²) in [5.74, 6) is 3.07.